The number of carbonyl (C=O) groups is 3. The molecule has 11 nitrogen and oxygen atoms in total. The van der Waals surface area contributed by atoms with E-state index in [1.165, 1.54) is 24.2 Å². The Morgan fingerprint density at radius 3 is 2.71 bits per heavy atom. The van der Waals surface area contributed by atoms with E-state index in [1.54, 1.807) is 17.0 Å². The van der Waals surface area contributed by atoms with Gasteiger partial charge in [0.1, 0.15) is 18.2 Å². The number of nitrogens with zero attached hydrogens (tertiary/aromatic N) is 5. The summed E-state index contributed by atoms with van der Waals surface area (Å²) in [4.78, 5) is 45.1. The quantitative estimate of drug-likeness (QED) is 0.434. The Labute approximate surface area is 200 Å². The molecule has 0 saturated carbocycles. The number of nitrogens with one attached hydrogen (secondary N) is 2. The fraction of sp³-hybridized carbons (Fsp3) is 0.429. The van der Waals surface area contributed by atoms with Gasteiger partial charge >= 0.3 is 6.09 Å². The van der Waals surface area contributed by atoms with Gasteiger partial charge < -0.3 is 19.9 Å². The summed E-state index contributed by atoms with van der Waals surface area (Å²) in [6, 6.07) is 4.58. The molecule has 0 unspecified atom stereocenters. The predicted molar refractivity (Wildman–Crippen MR) is 124 cm³/mol. The first-order valence-electron chi connectivity index (χ1n) is 10.7. The number of aromatic amines is 1. The molecule has 2 aliphatic heterocycles. The molecular formula is C21H24FN7O4S. The Balaban J connectivity index is 1.32. The van der Waals surface area contributed by atoms with Crippen molar-refractivity contribution in [1.82, 2.24) is 25.4 Å². The zero-order chi connectivity index (χ0) is 24.2. The molecule has 2 aliphatic rings. The topological polar surface area (TPSA) is 124 Å². The normalized spacial score (nSPS) is 18.1. The third kappa shape index (κ3) is 5.30. The van der Waals surface area contributed by atoms with Gasteiger partial charge in [0.25, 0.3) is 0 Å². The van der Waals surface area contributed by atoms with Crippen LogP contribution in [0.1, 0.15) is 19.2 Å². The van der Waals surface area contributed by atoms with E-state index in [9.17, 15) is 18.8 Å². The Morgan fingerprint density at radius 2 is 2.06 bits per heavy atom. The molecule has 1 atom stereocenters. The van der Waals surface area contributed by atoms with Gasteiger partial charge in [-0.25, -0.2) is 14.2 Å². The molecule has 2 saturated heterocycles. The number of rotatable bonds is 7. The number of piperazine rings is 1. The lowest BCUT2D eigenvalue weighted by Gasteiger charge is -2.36. The van der Waals surface area contributed by atoms with Crippen LogP contribution in [0.25, 0.3) is 0 Å². The number of H-pyrrole nitrogens is 1. The summed E-state index contributed by atoms with van der Waals surface area (Å²) in [5, 5.41) is 8.99. The standard InChI is InChI=1S/C21H24FN7O4S/c1-13(30)23-10-15-11-29(21(32)33-15)14-2-3-17(16(22)8-14)27-4-6-28(7-5-27)19(31)9-18(34)20-24-12-25-26-20/h2-3,8,12,15H,4-7,9-11H2,1H3,(H,23,30)(H,24,25,26)/t15-/m0/s1. The van der Waals surface area contributed by atoms with Crippen LogP contribution in [0.15, 0.2) is 24.5 Å². The van der Waals surface area contributed by atoms with Crippen LogP contribution in [0.4, 0.5) is 20.6 Å². The van der Waals surface area contributed by atoms with E-state index in [2.05, 4.69) is 20.5 Å². The van der Waals surface area contributed by atoms with E-state index in [1.807, 2.05) is 4.90 Å². The second kappa shape index (κ2) is 10.1. The molecule has 180 valence electrons. The summed E-state index contributed by atoms with van der Waals surface area (Å²) in [5.41, 5.74) is 0.779. The average molecular weight is 490 g/mol. The van der Waals surface area contributed by atoms with Crippen LogP contribution in [0.3, 0.4) is 0 Å². The maximum atomic E-state index is 15.0. The van der Waals surface area contributed by atoms with E-state index in [-0.39, 0.29) is 31.3 Å². The van der Waals surface area contributed by atoms with Crippen molar-refractivity contribution < 1.29 is 23.5 Å². The van der Waals surface area contributed by atoms with E-state index >= 15 is 0 Å². The van der Waals surface area contributed by atoms with Crippen molar-refractivity contribution in [2.45, 2.75) is 19.4 Å². The Hall–Kier alpha value is -3.61. The first kappa shape index (κ1) is 23.5. The van der Waals surface area contributed by atoms with Crippen LogP contribution < -0.4 is 15.1 Å². The van der Waals surface area contributed by atoms with Crippen LogP contribution in [-0.2, 0) is 14.3 Å². The van der Waals surface area contributed by atoms with Gasteiger partial charge in [0.05, 0.1) is 35.7 Å². The molecule has 0 bridgehead atoms. The third-order valence-corrected chi connectivity index (χ3v) is 6.00. The largest absolute Gasteiger partial charge is 0.442 e. The SMILES string of the molecule is CC(=O)NC[C@H]1CN(c2ccc(N3CCN(C(=O)CC(=S)c4ncn[nH]4)CC3)c(F)c2)C(=O)O1. The molecule has 2 aromatic rings. The number of ether oxygens (including phenoxy) is 1. The molecule has 3 heterocycles. The van der Waals surface area contributed by atoms with Crippen LogP contribution in [0, 0.1) is 5.82 Å². The summed E-state index contributed by atoms with van der Waals surface area (Å²) in [6.45, 7) is 3.58. The number of thiocarbonyl (C=S) groups is 1. The van der Waals surface area contributed by atoms with E-state index in [0.717, 1.165) is 0 Å². The number of hydrogen-bond acceptors (Lipinski definition) is 8. The minimum Gasteiger partial charge on any atom is -0.442 e. The Kier molecular flexibility index (Phi) is 7.01. The average Bonchev–Trinajstić information content (AvgIpc) is 3.48. The molecular weight excluding hydrogens is 465 g/mol. The number of anilines is 2. The molecule has 4 rings (SSSR count). The number of carbonyl (C=O) groups excluding carboxylic acids is 3. The van der Waals surface area contributed by atoms with Gasteiger partial charge in [0, 0.05) is 33.1 Å². The summed E-state index contributed by atoms with van der Waals surface area (Å²) >= 11 is 5.24. The van der Waals surface area contributed by atoms with Gasteiger partial charge in [-0.1, -0.05) is 12.2 Å². The number of aromatic nitrogens is 3. The number of halogens is 1. The zero-order valence-corrected chi connectivity index (χ0v) is 19.3. The van der Waals surface area contributed by atoms with E-state index < -0.39 is 18.0 Å². The molecule has 3 amide bonds. The van der Waals surface area contributed by atoms with Crippen molar-refractivity contribution in [1.29, 1.82) is 0 Å². The maximum Gasteiger partial charge on any atom is 0.414 e. The summed E-state index contributed by atoms with van der Waals surface area (Å²) in [6.07, 6.45) is 0.309. The van der Waals surface area contributed by atoms with Crippen molar-refractivity contribution in [3.8, 4) is 0 Å². The van der Waals surface area contributed by atoms with Crippen molar-refractivity contribution in [3.05, 3.63) is 36.2 Å². The number of amides is 3. The molecule has 0 aliphatic carbocycles. The lowest BCUT2D eigenvalue weighted by Crippen LogP contribution is -2.49. The van der Waals surface area contributed by atoms with Crippen molar-refractivity contribution in [2.24, 2.45) is 0 Å². The van der Waals surface area contributed by atoms with Gasteiger partial charge in [-0.15, -0.1) is 0 Å². The number of benzene rings is 1. The van der Waals surface area contributed by atoms with Gasteiger partial charge in [-0.2, -0.15) is 5.10 Å². The molecule has 1 aromatic carbocycles. The summed E-state index contributed by atoms with van der Waals surface area (Å²) in [7, 11) is 0. The number of hydrogen-bond donors (Lipinski definition) is 2. The highest BCUT2D eigenvalue weighted by atomic mass is 32.1. The highest BCUT2D eigenvalue weighted by molar-refractivity contribution is 7.80. The van der Waals surface area contributed by atoms with E-state index in [0.29, 0.717) is 48.2 Å². The van der Waals surface area contributed by atoms with Crippen LogP contribution in [-0.4, -0.2) is 88.2 Å². The van der Waals surface area contributed by atoms with Gasteiger partial charge in [-0.3, -0.25) is 19.6 Å². The fourth-order valence-corrected chi connectivity index (χ4v) is 4.11. The lowest BCUT2D eigenvalue weighted by atomic mass is 10.2. The number of cyclic esters (lactones) is 1. The van der Waals surface area contributed by atoms with Crippen molar-refractivity contribution in [2.75, 3.05) is 49.1 Å². The maximum absolute atomic E-state index is 15.0. The first-order valence-corrected chi connectivity index (χ1v) is 11.2. The molecule has 2 fully saturated rings. The monoisotopic (exact) mass is 489 g/mol. The second-order valence-electron chi connectivity index (χ2n) is 7.99. The molecule has 2 N–H and O–H groups in total. The van der Waals surface area contributed by atoms with Crippen molar-refractivity contribution in [3.63, 3.8) is 0 Å². The van der Waals surface area contributed by atoms with Crippen molar-refractivity contribution >= 4 is 46.4 Å². The van der Waals surface area contributed by atoms with Gasteiger partial charge in [0.15, 0.2) is 5.82 Å². The summed E-state index contributed by atoms with van der Waals surface area (Å²) < 4.78 is 20.2. The van der Waals surface area contributed by atoms with Crippen LogP contribution in [0.5, 0.6) is 0 Å². The third-order valence-electron chi connectivity index (χ3n) is 5.66. The smallest absolute Gasteiger partial charge is 0.414 e. The van der Waals surface area contributed by atoms with Gasteiger partial charge in [0.2, 0.25) is 11.8 Å². The highest BCUT2D eigenvalue weighted by Crippen LogP contribution is 2.28. The van der Waals surface area contributed by atoms with E-state index in [4.69, 9.17) is 17.0 Å². The molecule has 1 aromatic heterocycles. The molecule has 0 spiro atoms. The molecule has 0 radical (unpaired) electrons. The lowest BCUT2D eigenvalue weighted by molar-refractivity contribution is -0.130. The van der Waals surface area contributed by atoms with Gasteiger partial charge in [-0.05, 0) is 18.2 Å². The van der Waals surface area contributed by atoms with Crippen LogP contribution >= 0.6 is 12.2 Å². The summed E-state index contributed by atoms with van der Waals surface area (Å²) in [5.74, 6) is -0.392. The predicted octanol–water partition coefficient (Wildman–Crippen LogP) is 0.862. The van der Waals surface area contributed by atoms with Crippen LogP contribution in [0.2, 0.25) is 0 Å². The second-order valence-corrected chi connectivity index (χ2v) is 8.48. The minimum atomic E-state index is -0.585. The Bertz CT molecular complexity index is 1090. The molecule has 13 heteroatoms. The Morgan fingerprint density at radius 1 is 1.29 bits per heavy atom. The first-order chi connectivity index (χ1) is 16.3. The zero-order valence-electron chi connectivity index (χ0n) is 18.5. The fourth-order valence-electron chi connectivity index (χ4n) is 3.89. The minimum absolute atomic E-state index is 0.0580. The highest BCUT2D eigenvalue weighted by Gasteiger charge is 2.33. The molecule has 34 heavy (non-hydrogen) atoms.